The van der Waals surface area contributed by atoms with Crippen LogP contribution >= 0.6 is 0 Å². The highest BCUT2D eigenvalue weighted by Crippen LogP contribution is 2.22. The minimum absolute atomic E-state index is 0.143. The molecular weight excluding hydrogens is 240 g/mol. The van der Waals surface area contributed by atoms with E-state index in [4.69, 9.17) is 5.11 Å². The summed E-state index contributed by atoms with van der Waals surface area (Å²) in [5.74, 6) is 0.305. The third kappa shape index (κ3) is 3.64. The van der Waals surface area contributed by atoms with Crippen LogP contribution in [0.1, 0.15) is 33.1 Å². The molecule has 1 fully saturated rings. The van der Waals surface area contributed by atoms with Gasteiger partial charge in [0.2, 0.25) is 0 Å². The number of aliphatic hydroxyl groups excluding tert-OH is 1. The van der Waals surface area contributed by atoms with Crippen LogP contribution in [-0.2, 0) is 10.2 Å². The highest BCUT2D eigenvalue weighted by Gasteiger charge is 2.31. The molecule has 1 atom stereocenters. The Labute approximate surface area is 105 Å². The molecule has 0 aromatic heterocycles. The third-order valence-electron chi connectivity index (χ3n) is 3.38. The van der Waals surface area contributed by atoms with E-state index in [1.165, 1.54) is 4.31 Å². The second kappa shape index (κ2) is 6.68. The lowest BCUT2D eigenvalue weighted by molar-refractivity contribution is 0.196. The van der Waals surface area contributed by atoms with Gasteiger partial charge in [-0.2, -0.15) is 17.0 Å². The monoisotopic (exact) mass is 264 g/mol. The molecule has 1 heterocycles. The van der Waals surface area contributed by atoms with Crippen molar-refractivity contribution in [3.05, 3.63) is 0 Å². The van der Waals surface area contributed by atoms with Crippen LogP contribution in [-0.4, -0.2) is 54.9 Å². The molecule has 0 amide bonds. The molecule has 1 aliphatic rings. The van der Waals surface area contributed by atoms with E-state index < -0.39 is 10.2 Å². The quantitative estimate of drug-likeness (QED) is 0.767. The van der Waals surface area contributed by atoms with E-state index in [0.717, 1.165) is 12.8 Å². The van der Waals surface area contributed by atoms with Gasteiger partial charge in [0.15, 0.2) is 0 Å². The Balaban J connectivity index is 2.70. The summed E-state index contributed by atoms with van der Waals surface area (Å²) < 4.78 is 27.6. The fourth-order valence-corrected chi connectivity index (χ4v) is 4.11. The van der Waals surface area contributed by atoms with Crippen LogP contribution in [0.5, 0.6) is 0 Å². The fourth-order valence-electron chi connectivity index (χ4n) is 2.37. The Kier molecular flexibility index (Phi) is 5.85. The standard InChI is InChI=1S/C11H24N2O3S/c1-3-12(4-2)17(15,16)13-8-5-6-11(10-13)7-9-14/h11,14H,3-10H2,1-2H3. The second-order valence-electron chi connectivity index (χ2n) is 4.47. The van der Waals surface area contributed by atoms with Crippen LogP contribution in [0.2, 0.25) is 0 Å². The lowest BCUT2D eigenvalue weighted by atomic mass is 9.97. The van der Waals surface area contributed by atoms with Crippen LogP contribution in [0.25, 0.3) is 0 Å². The molecule has 0 saturated carbocycles. The van der Waals surface area contributed by atoms with Crippen LogP contribution in [0.15, 0.2) is 0 Å². The molecule has 5 nitrogen and oxygen atoms in total. The third-order valence-corrected chi connectivity index (χ3v) is 5.53. The van der Waals surface area contributed by atoms with E-state index in [2.05, 4.69) is 0 Å². The second-order valence-corrected chi connectivity index (χ2v) is 6.40. The van der Waals surface area contributed by atoms with Gasteiger partial charge in [0.1, 0.15) is 0 Å². The molecule has 1 saturated heterocycles. The summed E-state index contributed by atoms with van der Waals surface area (Å²) in [5.41, 5.74) is 0. The Hall–Kier alpha value is -0.170. The summed E-state index contributed by atoms with van der Waals surface area (Å²) in [7, 11) is -3.29. The van der Waals surface area contributed by atoms with Gasteiger partial charge in [0.05, 0.1) is 0 Å². The molecular formula is C11H24N2O3S. The largest absolute Gasteiger partial charge is 0.396 e. The molecule has 1 aliphatic heterocycles. The molecule has 6 heteroatoms. The van der Waals surface area contributed by atoms with Crippen molar-refractivity contribution >= 4 is 10.2 Å². The van der Waals surface area contributed by atoms with Gasteiger partial charge in [-0.05, 0) is 25.2 Å². The SMILES string of the molecule is CCN(CC)S(=O)(=O)N1CCCC(CCO)C1. The van der Waals surface area contributed by atoms with E-state index in [-0.39, 0.29) is 6.61 Å². The minimum Gasteiger partial charge on any atom is -0.396 e. The maximum atomic E-state index is 12.3. The Bertz CT molecular complexity index is 313. The molecule has 0 bridgehead atoms. The van der Waals surface area contributed by atoms with Gasteiger partial charge < -0.3 is 5.11 Å². The van der Waals surface area contributed by atoms with Crippen LogP contribution in [0.4, 0.5) is 0 Å². The summed E-state index contributed by atoms with van der Waals surface area (Å²) >= 11 is 0. The van der Waals surface area contributed by atoms with Gasteiger partial charge >= 0.3 is 0 Å². The summed E-state index contributed by atoms with van der Waals surface area (Å²) in [6.07, 6.45) is 2.61. The molecule has 0 radical (unpaired) electrons. The summed E-state index contributed by atoms with van der Waals surface area (Å²) in [6.45, 7) is 6.05. The molecule has 17 heavy (non-hydrogen) atoms. The number of nitrogens with zero attached hydrogens (tertiary/aromatic N) is 2. The molecule has 0 aromatic rings. The fraction of sp³-hybridized carbons (Fsp3) is 1.00. The summed E-state index contributed by atoms with van der Waals surface area (Å²) in [5, 5.41) is 8.93. The van der Waals surface area contributed by atoms with Gasteiger partial charge in [-0.1, -0.05) is 13.8 Å². The predicted molar refractivity (Wildman–Crippen MR) is 67.8 cm³/mol. The van der Waals surface area contributed by atoms with Crippen molar-refractivity contribution in [3.63, 3.8) is 0 Å². The molecule has 0 aromatic carbocycles. The van der Waals surface area contributed by atoms with E-state index in [1.807, 2.05) is 13.8 Å². The summed E-state index contributed by atoms with van der Waals surface area (Å²) in [4.78, 5) is 0. The zero-order valence-corrected chi connectivity index (χ0v) is 11.6. The normalized spacial score (nSPS) is 23.2. The number of piperidine rings is 1. The van der Waals surface area contributed by atoms with E-state index in [0.29, 0.717) is 38.5 Å². The zero-order chi connectivity index (χ0) is 12.9. The lowest BCUT2D eigenvalue weighted by Gasteiger charge is -2.34. The van der Waals surface area contributed by atoms with E-state index in [1.54, 1.807) is 4.31 Å². The molecule has 1 N–H and O–H groups in total. The first-order chi connectivity index (χ1) is 8.06. The summed E-state index contributed by atoms with van der Waals surface area (Å²) in [6, 6.07) is 0. The van der Waals surface area contributed by atoms with Gasteiger partial charge in [-0.25, -0.2) is 0 Å². The van der Waals surface area contributed by atoms with Gasteiger partial charge in [0, 0.05) is 32.8 Å². The smallest absolute Gasteiger partial charge is 0.281 e. The molecule has 1 unspecified atom stereocenters. The highest BCUT2D eigenvalue weighted by atomic mass is 32.2. The van der Waals surface area contributed by atoms with E-state index >= 15 is 0 Å². The Morgan fingerprint density at radius 3 is 2.53 bits per heavy atom. The number of hydrogen-bond donors (Lipinski definition) is 1. The molecule has 1 rings (SSSR count). The van der Waals surface area contributed by atoms with Gasteiger partial charge in [-0.15, -0.1) is 0 Å². The number of hydrogen-bond acceptors (Lipinski definition) is 3. The van der Waals surface area contributed by atoms with Gasteiger partial charge in [-0.3, -0.25) is 0 Å². The Morgan fingerprint density at radius 1 is 1.35 bits per heavy atom. The van der Waals surface area contributed by atoms with Crippen LogP contribution < -0.4 is 0 Å². The topological polar surface area (TPSA) is 60.9 Å². The molecule has 0 aliphatic carbocycles. The maximum Gasteiger partial charge on any atom is 0.281 e. The number of aliphatic hydroxyl groups is 1. The van der Waals surface area contributed by atoms with Crippen molar-refractivity contribution in [3.8, 4) is 0 Å². The first-order valence-electron chi connectivity index (χ1n) is 6.42. The first-order valence-corrected chi connectivity index (χ1v) is 7.82. The van der Waals surface area contributed by atoms with Crippen molar-refractivity contribution < 1.29 is 13.5 Å². The van der Waals surface area contributed by atoms with Crippen molar-refractivity contribution in [1.82, 2.24) is 8.61 Å². The molecule has 0 spiro atoms. The predicted octanol–water partition coefficient (Wildman–Crippen LogP) is 0.667. The number of rotatable bonds is 6. The highest BCUT2D eigenvalue weighted by molar-refractivity contribution is 7.86. The maximum absolute atomic E-state index is 12.3. The van der Waals surface area contributed by atoms with Crippen molar-refractivity contribution in [2.45, 2.75) is 33.1 Å². The average molecular weight is 264 g/mol. The van der Waals surface area contributed by atoms with Crippen LogP contribution in [0, 0.1) is 5.92 Å². The first kappa shape index (κ1) is 14.9. The van der Waals surface area contributed by atoms with Crippen molar-refractivity contribution in [2.75, 3.05) is 32.8 Å². The molecule has 102 valence electrons. The minimum atomic E-state index is -3.29. The lowest BCUT2D eigenvalue weighted by Crippen LogP contribution is -2.48. The van der Waals surface area contributed by atoms with Crippen molar-refractivity contribution in [2.24, 2.45) is 5.92 Å². The Morgan fingerprint density at radius 2 is 2.00 bits per heavy atom. The van der Waals surface area contributed by atoms with Gasteiger partial charge in [0.25, 0.3) is 10.2 Å². The van der Waals surface area contributed by atoms with Crippen LogP contribution in [0.3, 0.4) is 0 Å². The van der Waals surface area contributed by atoms with Crippen molar-refractivity contribution in [1.29, 1.82) is 0 Å². The average Bonchev–Trinajstić information content (AvgIpc) is 2.31. The zero-order valence-electron chi connectivity index (χ0n) is 10.8. The van der Waals surface area contributed by atoms with E-state index in [9.17, 15) is 8.42 Å².